The molecule has 2 rings (SSSR count). The molecule has 1 aromatic heterocycles. The minimum Gasteiger partial charge on any atom is -0.476 e. The van der Waals surface area contributed by atoms with Gasteiger partial charge in [0, 0.05) is 11.3 Å². The molecule has 92 valence electrons. The minimum absolute atomic E-state index is 0.174. The van der Waals surface area contributed by atoms with Gasteiger partial charge in [-0.25, -0.2) is 9.59 Å². The Bertz CT molecular complexity index is 533. The van der Waals surface area contributed by atoms with E-state index in [0.717, 1.165) is 0 Å². The molecule has 1 atom stereocenters. The number of nitrogens with one attached hydrogen (secondary N) is 1. The molecule has 6 heteroatoms. The van der Waals surface area contributed by atoms with E-state index in [0.29, 0.717) is 18.5 Å². The lowest BCUT2D eigenvalue weighted by Crippen LogP contribution is -2.32. The molecule has 1 aromatic rings. The number of carboxylic acid groups (broad SMARTS) is 1. The van der Waals surface area contributed by atoms with Crippen molar-refractivity contribution in [2.24, 2.45) is 5.41 Å². The van der Waals surface area contributed by atoms with Crippen LogP contribution < -0.4 is 5.69 Å². The van der Waals surface area contributed by atoms with Gasteiger partial charge in [-0.05, 0) is 18.3 Å². The second-order valence-corrected chi connectivity index (χ2v) is 5.15. The number of fused-ring (bicyclic) bond motifs is 1. The van der Waals surface area contributed by atoms with Crippen LogP contribution in [-0.4, -0.2) is 26.2 Å². The zero-order chi connectivity index (χ0) is 12.8. The van der Waals surface area contributed by atoms with Gasteiger partial charge in [0.25, 0.3) is 0 Å². The largest absolute Gasteiger partial charge is 0.476 e. The number of hydrogen-bond acceptors (Lipinski definition) is 4. The van der Waals surface area contributed by atoms with Gasteiger partial charge in [0.2, 0.25) is 0 Å². The van der Waals surface area contributed by atoms with Gasteiger partial charge in [-0.2, -0.15) is 4.98 Å². The van der Waals surface area contributed by atoms with E-state index in [4.69, 9.17) is 5.11 Å². The number of hydrogen-bond donors (Lipinski definition) is 3. The quantitative estimate of drug-likeness (QED) is 0.660. The van der Waals surface area contributed by atoms with Crippen LogP contribution in [0, 0.1) is 5.41 Å². The van der Waals surface area contributed by atoms with Crippen LogP contribution in [0.1, 0.15) is 48.1 Å². The highest BCUT2D eigenvalue weighted by molar-refractivity contribution is 5.87. The summed E-state index contributed by atoms with van der Waals surface area (Å²) in [6.45, 7) is 3.91. The maximum atomic E-state index is 11.3. The summed E-state index contributed by atoms with van der Waals surface area (Å²) in [6, 6.07) is 0. The first-order valence-electron chi connectivity index (χ1n) is 5.34. The number of aromatic nitrogens is 2. The molecule has 17 heavy (non-hydrogen) atoms. The van der Waals surface area contributed by atoms with Gasteiger partial charge in [0.1, 0.15) is 0 Å². The predicted molar refractivity (Wildman–Crippen MR) is 58.9 cm³/mol. The maximum Gasteiger partial charge on any atom is 0.355 e. The summed E-state index contributed by atoms with van der Waals surface area (Å²) in [7, 11) is 0. The SMILES string of the molecule is CC1(C)Cc2[nH]c(=O)nc(C(=O)O)c2C(O)C1. The molecule has 1 heterocycles. The maximum absolute atomic E-state index is 11.3. The third-order valence-corrected chi connectivity index (χ3v) is 2.99. The second kappa shape index (κ2) is 3.66. The molecule has 3 N–H and O–H groups in total. The number of aliphatic hydroxyl groups excluding tert-OH is 1. The molecule has 1 unspecified atom stereocenters. The van der Waals surface area contributed by atoms with E-state index >= 15 is 0 Å². The second-order valence-electron chi connectivity index (χ2n) is 5.15. The number of aromatic amines is 1. The summed E-state index contributed by atoms with van der Waals surface area (Å²) in [5.41, 5.74) is -0.479. The molecule has 0 spiro atoms. The number of aromatic carboxylic acids is 1. The molecule has 1 aliphatic rings. The highest BCUT2D eigenvalue weighted by Crippen LogP contribution is 2.40. The van der Waals surface area contributed by atoms with Crippen LogP contribution in [-0.2, 0) is 6.42 Å². The predicted octanol–water partition coefficient (Wildman–Crippen LogP) is 0.474. The van der Waals surface area contributed by atoms with Crippen LogP contribution >= 0.6 is 0 Å². The molecule has 0 amide bonds. The molecule has 0 aromatic carbocycles. The smallest absolute Gasteiger partial charge is 0.355 e. The Morgan fingerprint density at radius 1 is 1.53 bits per heavy atom. The van der Waals surface area contributed by atoms with E-state index in [9.17, 15) is 14.7 Å². The highest BCUT2D eigenvalue weighted by Gasteiger charge is 2.35. The Morgan fingerprint density at radius 3 is 2.76 bits per heavy atom. The van der Waals surface area contributed by atoms with Crippen LogP contribution in [0.4, 0.5) is 0 Å². The van der Waals surface area contributed by atoms with Crippen molar-refractivity contribution in [3.8, 4) is 0 Å². The van der Waals surface area contributed by atoms with Crippen LogP contribution in [0.2, 0.25) is 0 Å². The lowest BCUT2D eigenvalue weighted by atomic mass is 9.74. The Hall–Kier alpha value is -1.69. The van der Waals surface area contributed by atoms with Gasteiger partial charge in [-0.15, -0.1) is 0 Å². The van der Waals surface area contributed by atoms with Crippen LogP contribution in [0.3, 0.4) is 0 Å². The summed E-state index contributed by atoms with van der Waals surface area (Å²) in [6.07, 6.45) is 0.0787. The van der Waals surface area contributed by atoms with Crippen molar-refractivity contribution in [1.82, 2.24) is 9.97 Å². The van der Waals surface area contributed by atoms with Gasteiger partial charge in [-0.3, -0.25) is 0 Å². The molecule has 0 saturated heterocycles. The fourth-order valence-corrected chi connectivity index (χ4v) is 2.37. The molecular formula is C11H14N2O4. The lowest BCUT2D eigenvalue weighted by molar-refractivity contribution is 0.0656. The van der Waals surface area contributed by atoms with E-state index in [1.165, 1.54) is 0 Å². The number of rotatable bonds is 1. The van der Waals surface area contributed by atoms with Gasteiger partial charge < -0.3 is 15.2 Å². The highest BCUT2D eigenvalue weighted by atomic mass is 16.4. The zero-order valence-corrected chi connectivity index (χ0v) is 9.65. The standard InChI is InChI=1S/C11H14N2O4/c1-11(2)3-5-7(6(14)4-11)8(9(15)16)13-10(17)12-5/h6,14H,3-4H2,1-2H3,(H,15,16)(H,12,13,17). The van der Waals surface area contributed by atoms with Crippen molar-refractivity contribution in [1.29, 1.82) is 0 Å². The molecule has 0 bridgehead atoms. The average molecular weight is 238 g/mol. The Balaban J connectivity index is 2.67. The summed E-state index contributed by atoms with van der Waals surface area (Å²) in [5, 5.41) is 19.0. The van der Waals surface area contributed by atoms with E-state index < -0.39 is 17.8 Å². The van der Waals surface area contributed by atoms with Gasteiger partial charge in [0.05, 0.1) is 6.10 Å². The molecular weight excluding hydrogens is 224 g/mol. The summed E-state index contributed by atoms with van der Waals surface area (Å²) < 4.78 is 0. The van der Waals surface area contributed by atoms with Crippen LogP contribution in [0.15, 0.2) is 4.79 Å². The minimum atomic E-state index is -1.29. The number of carboxylic acids is 1. The molecule has 1 aliphatic carbocycles. The molecule has 6 nitrogen and oxygen atoms in total. The van der Waals surface area contributed by atoms with Gasteiger partial charge in [-0.1, -0.05) is 13.8 Å². The summed E-state index contributed by atoms with van der Waals surface area (Å²) >= 11 is 0. The fraction of sp³-hybridized carbons (Fsp3) is 0.545. The van der Waals surface area contributed by atoms with E-state index in [-0.39, 0.29) is 16.7 Å². The van der Waals surface area contributed by atoms with Crippen molar-refractivity contribution in [3.05, 3.63) is 27.4 Å². The third-order valence-electron chi connectivity index (χ3n) is 2.99. The molecule has 0 saturated carbocycles. The van der Waals surface area contributed by atoms with Crippen molar-refractivity contribution >= 4 is 5.97 Å². The molecule has 0 radical (unpaired) electrons. The summed E-state index contributed by atoms with van der Waals surface area (Å²) in [4.78, 5) is 28.2. The van der Waals surface area contributed by atoms with E-state index in [1.807, 2.05) is 13.8 Å². The number of carbonyl (C=O) groups is 1. The Morgan fingerprint density at radius 2 is 2.18 bits per heavy atom. The lowest BCUT2D eigenvalue weighted by Gasteiger charge is -2.34. The first-order valence-corrected chi connectivity index (χ1v) is 5.34. The molecule has 0 fully saturated rings. The number of H-pyrrole nitrogens is 1. The topological polar surface area (TPSA) is 103 Å². The first kappa shape index (κ1) is 11.8. The van der Waals surface area contributed by atoms with Gasteiger partial charge >= 0.3 is 11.7 Å². The van der Waals surface area contributed by atoms with E-state index in [1.54, 1.807) is 0 Å². The fourth-order valence-electron chi connectivity index (χ4n) is 2.37. The first-order chi connectivity index (χ1) is 7.80. The average Bonchev–Trinajstić information content (AvgIpc) is 2.12. The number of nitrogens with zero attached hydrogens (tertiary/aromatic N) is 1. The molecule has 0 aliphatic heterocycles. The summed E-state index contributed by atoms with van der Waals surface area (Å²) in [5.74, 6) is -1.29. The van der Waals surface area contributed by atoms with Crippen LogP contribution in [0.5, 0.6) is 0 Å². The van der Waals surface area contributed by atoms with Crippen molar-refractivity contribution < 1.29 is 15.0 Å². The van der Waals surface area contributed by atoms with Crippen molar-refractivity contribution in [2.75, 3.05) is 0 Å². The monoisotopic (exact) mass is 238 g/mol. The Kier molecular flexibility index (Phi) is 2.54. The zero-order valence-electron chi connectivity index (χ0n) is 9.65. The Labute approximate surface area is 97.3 Å². The van der Waals surface area contributed by atoms with Crippen molar-refractivity contribution in [2.45, 2.75) is 32.8 Å². The van der Waals surface area contributed by atoms with Crippen LogP contribution in [0.25, 0.3) is 0 Å². The van der Waals surface area contributed by atoms with Crippen molar-refractivity contribution in [3.63, 3.8) is 0 Å². The van der Waals surface area contributed by atoms with Gasteiger partial charge in [0.15, 0.2) is 5.69 Å². The normalized spacial score (nSPS) is 21.9. The number of aliphatic hydroxyl groups is 1. The third kappa shape index (κ3) is 2.08. The van der Waals surface area contributed by atoms with E-state index in [2.05, 4.69) is 9.97 Å².